The molecule has 24 heavy (non-hydrogen) atoms. The third kappa shape index (κ3) is 4.95. The molecule has 0 aliphatic rings. The molecule has 2 aromatic rings. The summed E-state index contributed by atoms with van der Waals surface area (Å²) in [6, 6.07) is 11.3. The molecule has 0 aliphatic carbocycles. The Bertz CT molecular complexity index is 676. The summed E-state index contributed by atoms with van der Waals surface area (Å²) in [5.41, 5.74) is 3.14. The number of halogens is 1. The number of hydrogen-bond acceptors (Lipinski definition) is 4. The lowest BCUT2D eigenvalue weighted by atomic mass is 9.99. The van der Waals surface area contributed by atoms with E-state index in [2.05, 4.69) is 18.3 Å². The van der Waals surface area contributed by atoms with E-state index in [1.165, 1.54) is 11.6 Å². The second-order valence-electron chi connectivity index (χ2n) is 5.97. The Morgan fingerprint density at radius 3 is 2.54 bits per heavy atom. The quantitative estimate of drug-likeness (QED) is 0.591. The van der Waals surface area contributed by atoms with Crippen LogP contribution in [0.4, 0.5) is 0 Å². The molecule has 0 aliphatic heterocycles. The van der Waals surface area contributed by atoms with Gasteiger partial charge in [-0.2, -0.15) is 0 Å². The molecule has 0 spiro atoms. The van der Waals surface area contributed by atoms with Crippen LogP contribution in [-0.4, -0.2) is 21.4 Å². The van der Waals surface area contributed by atoms with Gasteiger partial charge in [0.1, 0.15) is 5.75 Å². The fraction of sp³-hybridized carbons (Fsp3) is 0.368. The zero-order chi connectivity index (χ0) is 17.5. The second-order valence-corrected chi connectivity index (χ2v) is 6.40. The van der Waals surface area contributed by atoms with E-state index < -0.39 is 0 Å². The second kappa shape index (κ2) is 9.04. The third-order valence-corrected chi connectivity index (χ3v) is 4.45. The normalized spacial score (nSPS) is 12.3. The van der Waals surface area contributed by atoms with E-state index in [1.54, 1.807) is 6.07 Å². The van der Waals surface area contributed by atoms with Gasteiger partial charge in [-0.15, -0.1) is 0 Å². The van der Waals surface area contributed by atoms with Gasteiger partial charge in [0.15, 0.2) is 0 Å². The molecule has 4 nitrogen and oxygen atoms in total. The minimum Gasteiger partial charge on any atom is -0.508 e. The molecule has 0 amide bonds. The van der Waals surface area contributed by atoms with Gasteiger partial charge in [0, 0.05) is 23.2 Å². The van der Waals surface area contributed by atoms with Crippen LogP contribution in [0.5, 0.6) is 5.75 Å². The molecule has 0 fully saturated rings. The van der Waals surface area contributed by atoms with E-state index in [-0.39, 0.29) is 25.0 Å². The van der Waals surface area contributed by atoms with Gasteiger partial charge in [0.05, 0.1) is 13.2 Å². The first-order chi connectivity index (χ1) is 11.5. The number of hydrogen-bond donors (Lipinski definition) is 4. The molecule has 0 bridgehead atoms. The van der Waals surface area contributed by atoms with Gasteiger partial charge in [0.25, 0.3) is 0 Å². The highest BCUT2D eigenvalue weighted by Gasteiger charge is 2.13. The Hall–Kier alpha value is -1.59. The number of nitrogens with one attached hydrogen (secondary N) is 1. The average Bonchev–Trinajstić information content (AvgIpc) is 2.58. The minimum atomic E-state index is -0.256. The van der Waals surface area contributed by atoms with Gasteiger partial charge < -0.3 is 20.6 Å². The lowest BCUT2D eigenvalue weighted by Crippen LogP contribution is -2.27. The van der Waals surface area contributed by atoms with Crippen LogP contribution < -0.4 is 5.32 Å². The Morgan fingerprint density at radius 2 is 1.88 bits per heavy atom. The predicted molar refractivity (Wildman–Crippen MR) is 96.0 cm³/mol. The third-order valence-electron chi connectivity index (χ3n) is 4.21. The largest absolute Gasteiger partial charge is 0.508 e. The number of rotatable bonds is 8. The number of aromatic hydroxyl groups is 1. The smallest absolute Gasteiger partial charge is 0.121 e. The van der Waals surface area contributed by atoms with Crippen molar-refractivity contribution in [2.45, 2.75) is 45.6 Å². The maximum absolute atomic E-state index is 9.87. The Balaban J connectivity index is 1.96. The first kappa shape index (κ1) is 18.7. The van der Waals surface area contributed by atoms with E-state index in [0.717, 1.165) is 23.4 Å². The zero-order valence-electron chi connectivity index (χ0n) is 13.8. The van der Waals surface area contributed by atoms with E-state index in [9.17, 15) is 15.3 Å². The summed E-state index contributed by atoms with van der Waals surface area (Å²) in [5.74, 6) is 0.0538. The molecule has 2 aromatic carbocycles. The summed E-state index contributed by atoms with van der Waals surface area (Å²) in [5, 5.41) is 33.0. The zero-order valence-corrected chi connectivity index (χ0v) is 14.6. The van der Waals surface area contributed by atoms with Crippen LogP contribution >= 0.6 is 11.6 Å². The van der Waals surface area contributed by atoms with Gasteiger partial charge >= 0.3 is 0 Å². The van der Waals surface area contributed by atoms with Crippen molar-refractivity contribution in [2.24, 2.45) is 0 Å². The van der Waals surface area contributed by atoms with Crippen LogP contribution in [-0.2, 0) is 26.2 Å². The van der Waals surface area contributed by atoms with Crippen LogP contribution in [0, 0.1) is 0 Å². The van der Waals surface area contributed by atoms with Crippen LogP contribution in [0.3, 0.4) is 0 Å². The van der Waals surface area contributed by atoms with Gasteiger partial charge in [-0.3, -0.25) is 0 Å². The van der Waals surface area contributed by atoms with E-state index in [0.29, 0.717) is 17.7 Å². The molecule has 2 rings (SSSR count). The molecule has 0 saturated carbocycles. The summed E-state index contributed by atoms with van der Waals surface area (Å²) in [6.45, 7) is 2.19. The fourth-order valence-corrected chi connectivity index (χ4v) is 2.94. The van der Waals surface area contributed by atoms with Crippen molar-refractivity contribution in [1.82, 2.24) is 5.32 Å². The lowest BCUT2D eigenvalue weighted by molar-refractivity contribution is 0.267. The number of aliphatic hydroxyl groups excluding tert-OH is 2. The highest BCUT2D eigenvalue weighted by atomic mass is 35.5. The molecule has 0 heterocycles. The van der Waals surface area contributed by atoms with E-state index in [4.69, 9.17) is 11.6 Å². The van der Waals surface area contributed by atoms with Crippen LogP contribution in [0.15, 0.2) is 36.4 Å². The first-order valence-corrected chi connectivity index (χ1v) is 8.45. The maximum atomic E-state index is 9.87. The summed E-state index contributed by atoms with van der Waals surface area (Å²) >= 11 is 6.00. The van der Waals surface area contributed by atoms with Crippen molar-refractivity contribution in [3.05, 3.63) is 63.7 Å². The SMILES string of the molecule is CC(CCc1cccc(Cl)c1)NCc1c(CO)ccc(O)c1CO. The lowest BCUT2D eigenvalue weighted by Gasteiger charge is -2.18. The summed E-state index contributed by atoms with van der Waals surface area (Å²) in [7, 11) is 0. The molecular formula is C19H24ClNO3. The molecule has 1 unspecified atom stereocenters. The topological polar surface area (TPSA) is 72.7 Å². The van der Waals surface area contributed by atoms with Crippen molar-refractivity contribution in [1.29, 1.82) is 0 Å². The van der Waals surface area contributed by atoms with Crippen molar-refractivity contribution in [3.8, 4) is 5.75 Å². The van der Waals surface area contributed by atoms with Crippen molar-refractivity contribution >= 4 is 11.6 Å². The van der Waals surface area contributed by atoms with E-state index in [1.807, 2.05) is 18.2 Å². The van der Waals surface area contributed by atoms with Crippen LogP contribution in [0.2, 0.25) is 5.02 Å². The standard InChI is InChI=1S/C19H24ClNO3/c1-13(5-6-14-3-2-4-16(20)9-14)21-10-17-15(11-22)7-8-19(24)18(17)12-23/h2-4,7-9,13,21-24H,5-6,10-12H2,1H3. The molecule has 0 aromatic heterocycles. The maximum Gasteiger partial charge on any atom is 0.121 e. The van der Waals surface area contributed by atoms with Gasteiger partial charge in [-0.1, -0.05) is 29.8 Å². The Kier molecular flexibility index (Phi) is 7.06. The van der Waals surface area contributed by atoms with Crippen LogP contribution in [0.25, 0.3) is 0 Å². The molecule has 130 valence electrons. The summed E-state index contributed by atoms with van der Waals surface area (Å²) in [4.78, 5) is 0. The highest BCUT2D eigenvalue weighted by molar-refractivity contribution is 6.30. The molecule has 5 heteroatoms. The number of benzene rings is 2. The molecule has 0 radical (unpaired) electrons. The summed E-state index contributed by atoms with van der Waals surface area (Å²) < 4.78 is 0. The van der Waals surface area contributed by atoms with E-state index >= 15 is 0 Å². The highest BCUT2D eigenvalue weighted by Crippen LogP contribution is 2.25. The van der Waals surface area contributed by atoms with Crippen molar-refractivity contribution in [2.75, 3.05) is 0 Å². The van der Waals surface area contributed by atoms with Crippen LogP contribution in [0.1, 0.15) is 35.6 Å². The van der Waals surface area contributed by atoms with Gasteiger partial charge in [-0.05, 0) is 54.7 Å². The monoisotopic (exact) mass is 349 g/mol. The molecular weight excluding hydrogens is 326 g/mol. The number of aliphatic hydroxyl groups is 2. The van der Waals surface area contributed by atoms with Gasteiger partial charge in [-0.25, -0.2) is 0 Å². The summed E-state index contributed by atoms with van der Waals surface area (Å²) in [6.07, 6.45) is 1.84. The molecule has 0 saturated heterocycles. The minimum absolute atomic E-state index is 0.0538. The average molecular weight is 350 g/mol. The van der Waals surface area contributed by atoms with Gasteiger partial charge in [0.2, 0.25) is 0 Å². The predicted octanol–water partition coefficient (Wildman–Crippen LogP) is 3.14. The Labute approximate surface area is 147 Å². The van der Waals surface area contributed by atoms with Crippen molar-refractivity contribution in [3.63, 3.8) is 0 Å². The van der Waals surface area contributed by atoms with Crippen molar-refractivity contribution < 1.29 is 15.3 Å². The Morgan fingerprint density at radius 1 is 1.08 bits per heavy atom. The number of aryl methyl sites for hydroxylation is 1. The molecule has 4 N–H and O–H groups in total. The molecule has 1 atom stereocenters. The first-order valence-electron chi connectivity index (χ1n) is 8.07. The fourth-order valence-electron chi connectivity index (χ4n) is 2.73. The number of phenols is 1.